The minimum absolute atomic E-state index is 0.00858. The van der Waals surface area contributed by atoms with Crippen molar-refractivity contribution in [2.75, 3.05) is 0 Å². The Hall–Kier alpha value is -0.820. The monoisotopic (exact) mass is 443 g/mol. The van der Waals surface area contributed by atoms with Gasteiger partial charge in [0.05, 0.1) is 0 Å². The van der Waals surface area contributed by atoms with Gasteiger partial charge in [0.15, 0.2) is 0 Å². The lowest BCUT2D eigenvalue weighted by atomic mass is 9.74. The van der Waals surface area contributed by atoms with E-state index in [1.807, 2.05) is 0 Å². The molecule has 0 fully saturated rings. The molecule has 0 aliphatic rings. The van der Waals surface area contributed by atoms with Gasteiger partial charge in [0.25, 0.3) is 0 Å². The minimum atomic E-state index is -0.00858. The van der Waals surface area contributed by atoms with Gasteiger partial charge in [-0.25, -0.2) is 0 Å². The molecular formula is C31H57N. The van der Waals surface area contributed by atoms with E-state index < -0.39 is 0 Å². The third kappa shape index (κ3) is 13.7. The van der Waals surface area contributed by atoms with Crippen molar-refractivity contribution in [3.8, 4) is 0 Å². The van der Waals surface area contributed by atoms with Crippen LogP contribution in [0.2, 0.25) is 0 Å². The fourth-order valence-electron chi connectivity index (χ4n) is 5.26. The van der Waals surface area contributed by atoms with Crippen LogP contribution in [0.15, 0.2) is 30.3 Å². The summed E-state index contributed by atoms with van der Waals surface area (Å²) in [6.07, 6.45) is 27.5. The van der Waals surface area contributed by atoms with E-state index in [2.05, 4.69) is 51.1 Å². The van der Waals surface area contributed by atoms with Crippen LogP contribution in [0.4, 0.5) is 0 Å². The Labute approximate surface area is 202 Å². The third-order valence-electron chi connectivity index (χ3n) is 7.86. The molecule has 0 radical (unpaired) electrons. The van der Waals surface area contributed by atoms with E-state index in [-0.39, 0.29) is 5.54 Å². The second kappa shape index (κ2) is 19.6. The summed E-state index contributed by atoms with van der Waals surface area (Å²) >= 11 is 0. The Morgan fingerprint density at radius 2 is 1.00 bits per heavy atom. The summed E-state index contributed by atoms with van der Waals surface area (Å²) in [7, 11) is 0. The van der Waals surface area contributed by atoms with Crippen molar-refractivity contribution in [3.05, 3.63) is 35.9 Å². The molecule has 1 heteroatoms. The van der Waals surface area contributed by atoms with Crippen LogP contribution in [0.1, 0.15) is 148 Å². The summed E-state index contributed by atoms with van der Waals surface area (Å²) in [6, 6.07) is 11.0. The van der Waals surface area contributed by atoms with Gasteiger partial charge in [0.1, 0.15) is 0 Å². The van der Waals surface area contributed by atoms with E-state index >= 15 is 0 Å². The summed E-state index contributed by atoms with van der Waals surface area (Å²) in [5, 5.41) is 0. The normalized spacial score (nSPS) is 12.9. The second-order valence-corrected chi connectivity index (χ2v) is 10.4. The maximum Gasteiger partial charge on any atom is 0.0180 e. The highest BCUT2D eigenvalue weighted by molar-refractivity contribution is 5.16. The first-order valence-electron chi connectivity index (χ1n) is 14.5. The van der Waals surface area contributed by atoms with Crippen molar-refractivity contribution in [1.82, 2.24) is 0 Å². The summed E-state index contributed by atoms with van der Waals surface area (Å²) in [5.41, 5.74) is 8.30. The van der Waals surface area contributed by atoms with Gasteiger partial charge >= 0.3 is 0 Å². The van der Waals surface area contributed by atoms with Crippen molar-refractivity contribution in [2.45, 2.75) is 155 Å². The maximum atomic E-state index is 6.86. The molecule has 1 rings (SSSR count). The maximum absolute atomic E-state index is 6.86. The lowest BCUT2D eigenvalue weighted by molar-refractivity contribution is 0.229. The van der Waals surface area contributed by atoms with Gasteiger partial charge in [-0.1, -0.05) is 154 Å². The van der Waals surface area contributed by atoms with E-state index in [0.29, 0.717) is 5.92 Å². The molecule has 0 saturated carbocycles. The molecule has 1 atom stereocenters. The average Bonchev–Trinajstić information content (AvgIpc) is 2.83. The second-order valence-electron chi connectivity index (χ2n) is 10.4. The van der Waals surface area contributed by atoms with Gasteiger partial charge in [-0.05, 0) is 37.2 Å². The SMILES string of the molecule is CCCCCCCCCCCCCCCCCCC(Cc1ccccc1)C(N)(CC)CC. The zero-order chi connectivity index (χ0) is 23.3. The number of unbranched alkanes of at least 4 members (excludes halogenated alkanes) is 15. The smallest absolute Gasteiger partial charge is 0.0180 e. The Morgan fingerprint density at radius 3 is 1.41 bits per heavy atom. The molecule has 2 N–H and O–H groups in total. The molecule has 1 aromatic carbocycles. The van der Waals surface area contributed by atoms with Gasteiger partial charge in [0.2, 0.25) is 0 Å². The molecule has 0 bridgehead atoms. The van der Waals surface area contributed by atoms with Crippen molar-refractivity contribution < 1.29 is 0 Å². The molecule has 0 spiro atoms. The number of benzene rings is 1. The van der Waals surface area contributed by atoms with Crippen LogP contribution in [0.5, 0.6) is 0 Å². The first-order chi connectivity index (χ1) is 15.7. The van der Waals surface area contributed by atoms with E-state index in [4.69, 9.17) is 5.73 Å². The number of hydrogen-bond donors (Lipinski definition) is 1. The Kier molecular flexibility index (Phi) is 17.9. The molecule has 1 aromatic rings. The van der Waals surface area contributed by atoms with E-state index in [1.54, 1.807) is 0 Å². The molecule has 32 heavy (non-hydrogen) atoms. The van der Waals surface area contributed by atoms with Crippen LogP contribution in [-0.2, 0) is 6.42 Å². The molecule has 0 heterocycles. The molecular weight excluding hydrogens is 386 g/mol. The zero-order valence-electron chi connectivity index (χ0n) is 22.2. The van der Waals surface area contributed by atoms with Crippen LogP contribution in [0.25, 0.3) is 0 Å². The number of hydrogen-bond acceptors (Lipinski definition) is 1. The predicted octanol–water partition coefficient (Wildman–Crippen LogP) is 10.0. The Morgan fingerprint density at radius 1 is 0.594 bits per heavy atom. The van der Waals surface area contributed by atoms with Crippen LogP contribution < -0.4 is 5.73 Å². The Balaban J connectivity index is 2.06. The van der Waals surface area contributed by atoms with Crippen LogP contribution in [0, 0.1) is 5.92 Å². The zero-order valence-corrected chi connectivity index (χ0v) is 22.2. The minimum Gasteiger partial charge on any atom is -0.325 e. The molecule has 1 unspecified atom stereocenters. The Bertz CT molecular complexity index is 504. The van der Waals surface area contributed by atoms with E-state index in [0.717, 1.165) is 19.3 Å². The molecule has 0 amide bonds. The van der Waals surface area contributed by atoms with Crippen molar-refractivity contribution in [2.24, 2.45) is 11.7 Å². The summed E-state index contributed by atoms with van der Waals surface area (Å²) in [6.45, 7) is 6.84. The lowest BCUT2D eigenvalue weighted by Crippen LogP contribution is -2.47. The summed E-state index contributed by atoms with van der Waals surface area (Å²) < 4.78 is 0. The number of rotatable bonds is 22. The topological polar surface area (TPSA) is 26.0 Å². The largest absolute Gasteiger partial charge is 0.325 e. The third-order valence-corrected chi connectivity index (χ3v) is 7.86. The fourth-order valence-corrected chi connectivity index (χ4v) is 5.26. The quantitative estimate of drug-likeness (QED) is 0.177. The highest BCUT2D eigenvalue weighted by Crippen LogP contribution is 2.30. The van der Waals surface area contributed by atoms with Gasteiger partial charge in [-0.3, -0.25) is 0 Å². The first kappa shape index (κ1) is 29.2. The van der Waals surface area contributed by atoms with E-state index in [9.17, 15) is 0 Å². The molecule has 0 aliphatic heterocycles. The summed E-state index contributed by atoms with van der Waals surface area (Å²) in [5.74, 6) is 0.603. The molecule has 186 valence electrons. The predicted molar refractivity (Wildman–Crippen MR) is 145 cm³/mol. The molecule has 0 aliphatic carbocycles. The van der Waals surface area contributed by atoms with Crippen LogP contribution in [-0.4, -0.2) is 5.54 Å². The van der Waals surface area contributed by atoms with Gasteiger partial charge < -0.3 is 5.73 Å². The van der Waals surface area contributed by atoms with Crippen molar-refractivity contribution >= 4 is 0 Å². The van der Waals surface area contributed by atoms with Gasteiger partial charge in [-0.2, -0.15) is 0 Å². The lowest BCUT2D eigenvalue weighted by Gasteiger charge is -2.36. The fraction of sp³-hybridized carbons (Fsp3) is 0.806. The standard InChI is InChI=1S/C31H57N/c1-4-7-8-9-10-11-12-13-14-15-16-17-18-19-20-24-27-30(31(32,5-2)6-3)28-29-25-22-21-23-26-29/h21-23,25-26,30H,4-20,24,27-28,32H2,1-3H3. The highest BCUT2D eigenvalue weighted by Gasteiger charge is 2.31. The number of nitrogens with two attached hydrogens (primary N) is 1. The summed E-state index contributed by atoms with van der Waals surface area (Å²) in [4.78, 5) is 0. The van der Waals surface area contributed by atoms with Crippen LogP contribution in [0.3, 0.4) is 0 Å². The van der Waals surface area contributed by atoms with Crippen molar-refractivity contribution in [1.29, 1.82) is 0 Å². The molecule has 0 aromatic heterocycles. The highest BCUT2D eigenvalue weighted by atomic mass is 14.7. The molecule has 1 nitrogen and oxygen atoms in total. The van der Waals surface area contributed by atoms with E-state index in [1.165, 1.54) is 115 Å². The first-order valence-corrected chi connectivity index (χ1v) is 14.5. The van der Waals surface area contributed by atoms with Gasteiger partial charge in [0, 0.05) is 5.54 Å². The van der Waals surface area contributed by atoms with Crippen molar-refractivity contribution in [3.63, 3.8) is 0 Å². The van der Waals surface area contributed by atoms with Crippen LogP contribution >= 0.6 is 0 Å². The molecule has 0 saturated heterocycles. The average molecular weight is 444 g/mol. The van der Waals surface area contributed by atoms with Gasteiger partial charge in [-0.15, -0.1) is 0 Å².